The van der Waals surface area contributed by atoms with Gasteiger partial charge in [0.05, 0.1) is 16.9 Å². The minimum Gasteiger partial charge on any atom is -0.507 e. The third-order valence-corrected chi connectivity index (χ3v) is 4.67. The molecule has 2 aromatic carbocycles. The number of aromatic nitrogens is 2. The number of hydrogen-bond acceptors (Lipinski definition) is 7. The molecule has 1 aromatic heterocycles. The van der Waals surface area contributed by atoms with Crippen molar-refractivity contribution in [2.45, 2.75) is 19.9 Å². The summed E-state index contributed by atoms with van der Waals surface area (Å²) in [7, 11) is 0. The predicted octanol–water partition coefficient (Wildman–Crippen LogP) is 3.25. The normalized spacial score (nSPS) is 11.0. The topological polar surface area (TPSA) is 101 Å². The number of nitrogens with two attached hydrogens (primary N) is 2. The van der Waals surface area contributed by atoms with Gasteiger partial charge in [-0.15, -0.1) is 10.2 Å². The van der Waals surface area contributed by atoms with Crippen LogP contribution in [0.2, 0.25) is 0 Å². The molecular weight excluding hydrogens is 322 g/mol. The van der Waals surface area contributed by atoms with E-state index >= 15 is 0 Å². The highest BCUT2D eigenvalue weighted by atomic mass is 32.1. The molecule has 0 saturated carbocycles. The lowest BCUT2D eigenvalue weighted by Gasteiger charge is -2.24. The van der Waals surface area contributed by atoms with Gasteiger partial charge in [-0.2, -0.15) is 0 Å². The first-order valence-electron chi connectivity index (χ1n) is 7.53. The van der Waals surface area contributed by atoms with Crippen molar-refractivity contribution >= 4 is 22.7 Å². The predicted molar refractivity (Wildman–Crippen MR) is 98.7 cm³/mol. The van der Waals surface area contributed by atoms with Crippen molar-refractivity contribution < 1.29 is 5.11 Å². The van der Waals surface area contributed by atoms with Gasteiger partial charge in [-0.1, -0.05) is 23.5 Å². The lowest BCUT2D eigenvalue weighted by atomic mass is 10.1. The summed E-state index contributed by atoms with van der Waals surface area (Å²) in [5.41, 5.74) is 9.03. The molecule has 0 aliphatic heterocycles. The molecular formula is C17H19N5OS. The number of nitrogens with zero attached hydrogens (tertiary/aromatic N) is 3. The van der Waals surface area contributed by atoms with Crippen molar-refractivity contribution in [3.63, 3.8) is 0 Å². The number of rotatable bonds is 4. The minimum atomic E-state index is 0.146. The molecule has 24 heavy (non-hydrogen) atoms. The van der Waals surface area contributed by atoms with Gasteiger partial charge in [0.15, 0.2) is 5.01 Å². The molecule has 3 rings (SSSR count). The van der Waals surface area contributed by atoms with Crippen LogP contribution in [-0.2, 0) is 0 Å². The van der Waals surface area contributed by atoms with Crippen LogP contribution in [0.4, 0.5) is 11.4 Å². The molecule has 6 nitrogen and oxygen atoms in total. The van der Waals surface area contributed by atoms with E-state index in [-0.39, 0.29) is 11.8 Å². The second-order valence-corrected chi connectivity index (χ2v) is 6.68. The van der Waals surface area contributed by atoms with E-state index in [1.165, 1.54) is 11.3 Å². The molecule has 5 N–H and O–H groups in total. The van der Waals surface area contributed by atoms with Crippen molar-refractivity contribution in [1.29, 1.82) is 0 Å². The van der Waals surface area contributed by atoms with Crippen LogP contribution in [0, 0.1) is 0 Å². The van der Waals surface area contributed by atoms with Crippen LogP contribution in [0.25, 0.3) is 21.1 Å². The third-order valence-electron chi connectivity index (χ3n) is 3.67. The number of hydrazine groups is 1. The van der Waals surface area contributed by atoms with Gasteiger partial charge in [0.2, 0.25) is 0 Å². The van der Waals surface area contributed by atoms with E-state index in [0.29, 0.717) is 16.3 Å². The van der Waals surface area contributed by atoms with Gasteiger partial charge in [-0.25, -0.2) is 5.84 Å². The number of benzene rings is 2. The first kappa shape index (κ1) is 16.2. The average molecular weight is 341 g/mol. The molecule has 1 heterocycles. The van der Waals surface area contributed by atoms with Gasteiger partial charge in [-0.05, 0) is 44.2 Å². The van der Waals surface area contributed by atoms with E-state index in [1.54, 1.807) is 17.1 Å². The number of phenolic OH excluding ortho intramolecular Hbond substituents is 1. The van der Waals surface area contributed by atoms with Gasteiger partial charge in [0, 0.05) is 11.6 Å². The zero-order valence-corrected chi connectivity index (χ0v) is 14.3. The Hall–Kier alpha value is -2.64. The van der Waals surface area contributed by atoms with Gasteiger partial charge < -0.3 is 15.8 Å². The number of para-hydroxylation sites is 1. The number of nitrogen functional groups attached to an aromatic ring is 1. The third kappa shape index (κ3) is 3.04. The van der Waals surface area contributed by atoms with Gasteiger partial charge >= 0.3 is 0 Å². The molecule has 0 spiro atoms. The lowest BCUT2D eigenvalue weighted by molar-refractivity contribution is 0.477. The van der Waals surface area contributed by atoms with Gasteiger partial charge in [-0.3, -0.25) is 0 Å². The second kappa shape index (κ2) is 6.46. The van der Waals surface area contributed by atoms with Crippen LogP contribution in [0.15, 0.2) is 42.5 Å². The minimum absolute atomic E-state index is 0.146. The van der Waals surface area contributed by atoms with Crippen LogP contribution >= 0.6 is 11.3 Å². The van der Waals surface area contributed by atoms with E-state index in [0.717, 1.165) is 16.3 Å². The van der Waals surface area contributed by atoms with Gasteiger partial charge in [0.1, 0.15) is 10.8 Å². The Kier molecular flexibility index (Phi) is 4.37. The van der Waals surface area contributed by atoms with Crippen LogP contribution in [0.1, 0.15) is 13.8 Å². The number of phenols is 1. The highest BCUT2D eigenvalue weighted by Crippen LogP contribution is 2.36. The smallest absolute Gasteiger partial charge is 0.151 e. The fourth-order valence-electron chi connectivity index (χ4n) is 2.30. The molecule has 0 aliphatic rings. The maximum atomic E-state index is 9.94. The monoisotopic (exact) mass is 341 g/mol. The quantitative estimate of drug-likeness (QED) is 0.382. The number of aromatic hydroxyl groups is 1. The molecule has 3 aromatic rings. The van der Waals surface area contributed by atoms with Crippen LogP contribution < -0.4 is 16.6 Å². The highest BCUT2D eigenvalue weighted by Gasteiger charge is 2.14. The Bertz CT molecular complexity index is 862. The van der Waals surface area contributed by atoms with Crippen molar-refractivity contribution in [3.05, 3.63) is 42.5 Å². The van der Waals surface area contributed by atoms with Gasteiger partial charge in [0.25, 0.3) is 0 Å². The zero-order valence-electron chi connectivity index (χ0n) is 13.5. The molecule has 0 amide bonds. The van der Waals surface area contributed by atoms with Crippen LogP contribution in [0.5, 0.6) is 5.75 Å². The molecule has 0 atom stereocenters. The number of anilines is 2. The van der Waals surface area contributed by atoms with Crippen LogP contribution in [-0.4, -0.2) is 21.3 Å². The Morgan fingerprint density at radius 3 is 2.46 bits per heavy atom. The zero-order chi connectivity index (χ0) is 17.3. The van der Waals surface area contributed by atoms with E-state index in [2.05, 4.69) is 10.2 Å². The Balaban J connectivity index is 1.94. The van der Waals surface area contributed by atoms with E-state index in [4.69, 9.17) is 11.6 Å². The summed E-state index contributed by atoms with van der Waals surface area (Å²) >= 11 is 1.40. The Morgan fingerprint density at radius 1 is 1.08 bits per heavy atom. The molecule has 0 bridgehead atoms. The van der Waals surface area contributed by atoms with Crippen molar-refractivity contribution in [2.75, 3.05) is 10.7 Å². The summed E-state index contributed by atoms with van der Waals surface area (Å²) < 4.78 is 0. The fraction of sp³-hybridized carbons (Fsp3) is 0.176. The summed E-state index contributed by atoms with van der Waals surface area (Å²) in [5.74, 6) is 6.21. The first-order valence-corrected chi connectivity index (χ1v) is 8.34. The van der Waals surface area contributed by atoms with Crippen LogP contribution in [0.3, 0.4) is 0 Å². The summed E-state index contributed by atoms with van der Waals surface area (Å²) in [6.07, 6.45) is 0. The largest absolute Gasteiger partial charge is 0.507 e. The maximum absolute atomic E-state index is 9.94. The molecule has 0 unspecified atom stereocenters. The lowest BCUT2D eigenvalue weighted by Crippen LogP contribution is -2.37. The second-order valence-electron chi connectivity index (χ2n) is 5.70. The molecule has 124 valence electrons. The maximum Gasteiger partial charge on any atom is 0.151 e. The fourth-order valence-corrected chi connectivity index (χ4v) is 3.18. The van der Waals surface area contributed by atoms with E-state index in [9.17, 15) is 5.11 Å². The van der Waals surface area contributed by atoms with E-state index < -0.39 is 0 Å². The van der Waals surface area contributed by atoms with Crippen molar-refractivity contribution in [2.24, 2.45) is 5.84 Å². The molecule has 0 saturated heterocycles. The number of hydrogen-bond donors (Lipinski definition) is 3. The Labute approximate surface area is 144 Å². The average Bonchev–Trinajstić information content (AvgIpc) is 3.04. The molecule has 0 fully saturated rings. The highest BCUT2D eigenvalue weighted by molar-refractivity contribution is 7.18. The molecule has 7 heteroatoms. The van der Waals surface area contributed by atoms with E-state index in [1.807, 2.05) is 44.2 Å². The first-order chi connectivity index (χ1) is 11.5. The Morgan fingerprint density at radius 2 is 1.79 bits per heavy atom. The summed E-state index contributed by atoms with van der Waals surface area (Å²) in [5, 5.41) is 21.3. The standard InChI is InChI=1S/C17H19N5OS/c1-10(2)22(19)14-8-7-11(9-13(14)18)16-20-21-17(24-16)12-5-3-4-6-15(12)23/h3-10,23H,18-19H2,1-2H3. The summed E-state index contributed by atoms with van der Waals surface area (Å²) in [6.45, 7) is 3.99. The molecule has 0 aliphatic carbocycles. The van der Waals surface area contributed by atoms with Crippen molar-refractivity contribution in [3.8, 4) is 26.9 Å². The van der Waals surface area contributed by atoms with Crippen molar-refractivity contribution in [1.82, 2.24) is 10.2 Å². The summed E-state index contributed by atoms with van der Waals surface area (Å²) in [4.78, 5) is 0. The molecule has 0 radical (unpaired) electrons. The summed E-state index contributed by atoms with van der Waals surface area (Å²) in [6, 6.07) is 12.9. The SMILES string of the molecule is CC(C)N(N)c1ccc(-c2nnc(-c3ccccc3O)s2)cc1N.